The molecule has 1 N–H and O–H groups in total. The van der Waals surface area contributed by atoms with Crippen molar-refractivity contribution < 1.29 is 33.4 Å². The number of hydrogen-bond acceptors (Lipinski definition) is 8. The van der Waals surface area contributed by atoms with Gasteiger partial charge in [-0.1, -0.05) is 20.8 Å². The molecule has 0 saturated carbocycles. The summed E-state index contributed by atoms with van der Waals surface area (Å²) in [5.41, 5.74) is 0.557. The molecule has 1 heterocycles. The molecule has 0 spiro atoms. The zero-order chi connectivity index (χ0) is 22.8. The predicted molar refractivity (Wildman–Crippen MR) is 108 cm³/mol. The maximum Gasteiger partial charge on any atom is 0.312 e. The predicted octanol–water partition coefficient (Wildman–Crippen LogP) is 2.20. The molecule has 166 valence electrons. The fourth-order valence-corrected chi connectivity index (χ4v) is 2.34. The first-order valence-electron chi connectivity index (χ1n) is 9.84. The molecule has 0 aliphatic rings. The minimum atomic E-state index is -0.579. The minimum absolute atomic E-state index is 0.0320. The number of aromatic nitrogens is 1. The fraction of sp³-hybridized carbons (Fsp3) is 0.571. The van der Waals surface area contributed by atoms with Crippen LogP contribution in [0.15, 0.2) is 12.3 Å². The van der Waals surface area contributed by atoms with Gasteiger partial charge < -0.3 is 19.5 Å². The van der Waals surface area contributed by atoms with Crippen molar-refractivity contribution in [2.45, 2.75) is 54.0 Å². The first-order chi connectivity index (χ1) is 14.1. The van der Waals surface area contributed by atoms with Gasteiger partial charge in [-0.3, -0.25) is 19.2 Å². The molecular formula is C21H30N2O7. The Morgan fingerprint density at radius 1 is 1.07 bits per heavy atom. The van der Waals surface area contributed by atoms with Gasteiger partial charge in [0, 0.05) is 13.1 Å². The van der Waals surface area contributed by atoms with Crippen LogP contribution in [0.3, 0.4) is 0 Å². The normalized spacial score (nSPS) is 12.6. The number of hydrogen-bond donors (Lipinski definition) is 1. The van der Waals surface area contributed by atoms with Crippen molar-refractivity contribution in [1.29, 1.82) is 0 Å². The third-order valence-corrected chi connectivity index (χ3v) is 4.14. The summed E-state index contributed by atoms with van der Waals surface area (Å²) in [7, 11) is 0. The first-order valence-corrected chi connectivity index (χ1v) is 9.84. The zero-order valence-corrected chi connectivity index (χ0v) is 18.3. The highest BCUT2D eigenvalue weighted by atomic mass is 16.6. The van der Waals surface area contributed by atoms with E-state index in [2.05, 4.69) is 10.3 Å². The molecule has 9 heteroatoms. The quantitative estimate of drug-likeness (QED) is 0.570. The lowest BCUT2D eigenvalue weighted by Gasteiger charge is -2.18. The van der Waals surface area contributed by atoms with Gasteiger partial charge in [-0.2, -0.15) is 0 Å². The van der Waals surface area contributed by atoms with Gasteiger partial charge in [0.1, 0.15) is 13.2 Å². The van der Waals surface area contributed by atoms with E-state index in [0.717, 1.165) is 0 Å². The van der Waals surface area contributed by atoms with Crippen molar-refractivity contribution in [1.82, 2.24) is 10.3 Å². The third kappa shape index (κ3) is 7.81. The van der Waals surface area contributed by atoms with Gasteiger partial charge in [-0.05, 0) is 31.9 Å². The smallest absolute Gasteiger partial charge is 0.312 e. The molecule has 1 aromatic rings. The maximum atomic E-state index is 12.5. The Hall–Kier alpha value is -2.97. The average molecular weight is 422 g/mol. The van der Waals surface area contributed by atoms with Crippen LogP contribution in [0.4, 0.5) is 0 Å². The second-order valence-corrected chi connectivity index (χ2v) is 7.29. The van der Waals surface area contributed by atoms with Gasteiger partial charge in [-0.15, -0.1) is 0 Å². The first kappa shape index (κ1) is 25.1. The maximum absolute atomic E-state index is 12.5. The van der Waals surface area contributed by atoms with E-state index in [0.29, 0.717) is 12.0 Å². The lowest BCUT2D eigenvalue weighted by Crippen LogP contribution is -2.38. The van der Waals surface area contributed by atoms with Crippen LogP contribution in [-0.2, 0) is 23.9 Å². The largest absolute Gasteiger partial charge is 0.465 e. The van der Waals surface area contributed by atoms with Gasteiger partial charge in [0.25, 0.3) is 5.91 Å². The number of carbonyl (C=O) groups is 4. The summed E-state index contributed by atoms with van der Waals surface area (Å²) in [6.07, 6.45) is 1.89. The summed E-state index contributed by atoms with van der Waals surface area (Å²) in [5, 5.41) is 2.66. The number of aryl methyl sites for hydroxylation is 1. The van der Waals surface area contributed by atoms with E-state index in [-0.39, 0.29) is 36.5 Å². The Morgan fingerprint density at radius 3 is 2.27 bits per heavy atom. The fourth-order valence-electron chi connectivity index (χ4n) is 2.34. The summed E-state index contributed by atoms with van der Waals surface area (Å²) in [5.74, 6) is -2.78. The Morgan fingerprint density at radius 2 is 1.70 bits per heavy atom. The molecule has 30 heavy (non-hydrogen) atoms. The van der Waals surface area contributed by atoms with Crippen LogP contribution in [0.25, 0.3) is 0 Å². The van der Waals surface area contributed by atoms with Crippen LogP contribution in [0.1, 0.15) is 57.1 Å². The molecule has 2 unspecified atom stereocenters. The van der Waals surface area contributed by atoms with Crippen LogP contribution in [0.5, 0.6) is 5.75 Å². The zero-order valence-electron chi connectivity index (χ0n) is 18.3. The highest BCUT2D eigenvalue weighted by Crippen LogP contribution is 2.21. The molecule has 0 aliphatic heterocycles. The molecule has 0 bridgehead atoms. The van der Waals surface area contributed by atoms with E-state index in [1.54, 1.807) is 40.7 Å². The summed E-state index contributed by atoms with van der Waals surface area (Å²) in [6, 6.07) is 1.10. The van der Waals surface area contributed by atoms with E-state index in [4.69, 9.17) is 14.2 Å². The van der Waals surface area contributed by atoms with Gasteiger partial charge in [0.05, 0.1) is 17.9 Å². The monoisotopic (exact) mass is 422 g/mol. The Labute approximate surface area is 176 Å². The highest BCUT2D eigenvalue weighted by molar-refractivity contribution is 5.96. The van der Waals surface area contributed by atoms with Gasteiger partial charge in [0.2, 0.25) is 0 Å². The van der Waals surface area contributed by atoms with E-state index in [9.17, 15) is 19.2 Å². The van der Waals surface area contributed by atoms with Crippen LogP contribution in [0.2, 0.25) is 0 Å². The Balaban J connectivity index is 2.64. The number of esters is 3. The van der Waals surface area contributed by atoms with Crippen molar-refractivity contribution in [3.8, 4) is 5.75 Å². The molecule has 1 amide bonds. The van der Waals surface area contributed by atoms with Crippen molar-refractivity contribution in [3.05, 3.63) is 23.5 Å². The lowest BCUT2D eigenvalue weighted by atomic mass is 10.1. The van der Waals surface area contributed by atoms with Crippen molar-refractivity contribution in [2.75, 3.05) is 13.2 Å². The number of nitrogens with zero attached hydrogens (tertiary/aromatic N) is 1. The van der Waals surface area contributed by atoms with E-state index in [1.165, 1.54) is 13.1 Å². The summed E-state index contributed by atoms with van der Waals surface area (Å²) in [6.45, 7) is 9.67. The molecule has 0 aromatic carbocycles. The van der Waals surface area contributed by atoms with Gasteiger partial charge in [0.15, 0.2) is 11.4 Å². The van der Waals surface area contributed by atoms with E-state index in [1.807, 2.05) is 0 Å². The van der Waals surface area contributed by atoms with Gasteiger partial charge >= 0.3 is 17.9 Å². The molecular weight excluding hydrogens is 392 g/mol. The summed E-state index contributed by atoms with van der Waals surface area (Å²) in [4.78, 5) is 51.6. The number of pyridine rings is 1. The molecule has 1 aromatic heterocycles. The number of amides is 1. The van der Waals surface area contributed by atoms with E-state index >= 15 is 0 Å². The molecule has 1 rings (SSSR count). The van der Waals surface area contributed by atoms with Crippen LogP contribution < -0.4 is 10.1 Å². The van der Waals surface area contributed by atoms with Crippen LogP contribution >= 0.6 is 0 Å². The lowest BCUT2D eigenvalue weighted by molar-refractivity contribution is -0.157. The molecule has 0 fully saturated rings. The highest BCUT2D eigenvalue weighted by Gasteiger charge is 2.23. The standard InChI is InChI=1S/C21H30N2O7/c1-7-16(11-29-20(26)12(2)3)21(27)28-10-14(5)23-19(25)17-18(30-15(6)24)13(4)8-9-22-17/h8-9,12,14,16H,7,10-11H2,1-6H3,(H,23,25). The van der Waals surface area contributed by atoms with Crippen LogP contribution in [0, 0.1) is 18.8 Å². The molecule has 2 atom stereocenters. The van der Waals surface area contributed by atoms with E-state index < -0.39 is 29.8 Å². The minimum Gasteiger partial charge on any atom is -0.465 e. The summed E-state index contributed by atoms with van der Waals surface area (Å²) < 4.78 is 15.5. The topological polar surface area (TPSA) is 121 Å². The second kappa shape index (κ2) is 11.9. The molecule has 0 aliphatic carbocycles. The SMILES string of the molecule is CCC(COC(=O)C(C)C)C(=O)OCC(C)NC(=O)c1nccc(C)c1OC(C)=O. The number of rotatable bonds is 10. The van der Waals surface area contributed by atoms with Crippen molar-refractivity contribution in [3.63, 3.8) is 0 Å². The molecule has 9 nitrogen and oxygen atoms in total. The molecule has 0 saturated heterocycles. The second-order valence-electron chi connectivity index (χ2n) is 7.29. The number of nitrogens with one attached hydrogen (secondary N) is 1. The van der Waals surface area contributed by atoms with Gasteiger partial charge in [-0.25, -0.2) is 4.98 Å². The van der Waals surface area contributed by atoms with Crippen molar-refractivity contribution >= 4 is 23.8 Å². The number of carbonyl (C=O) groups excluding carboxylic acids is 4. The number of ether oxygens (including phenoxy) is 3. The average Bonchev–Trinajstić information content (AvgIpc) is 2.67. The Bertz CT molecular complexity index is 777. The van der Waals surface area contributed by atoms with Crippen molar-refractivity contribution in [2.24, 2.45) is 11.8 Å². The van der Waals surface area contributed by atoms with Crippen LogP contribution in [-0.4, -0.2) is 48.1 Å². The Kier molecular flexibility index (Phi) is 9.94. The third-order valence-electron chi connectivity index (χ3n) is 4.14. The molecule has 0 radical (unpaired) electrons. The summed E-state index contributed by atoms with van der Waals surface area (Å²) >= 11 is 0.